The Kier molecular flexibility index (Phi) is 60.3. The number of esters is 4. The van der Waals surface area contributed by atoms with Crippen molar-refractivity contribution in [3.05, 3.63) is 0 Å². The second kappa shape index (κ2) is 61.6. The zero-order valence-corrected chi connectivity index (χ0v) is 61.3. The minimum atomic E-state index is -4.95. The third-order valence-corrected chi connectivity index (χ3v) is 19.2. The highest BCUT2D eigenvalue weighted by molar-refractivity contribution is 7.47. The van der Waals surface area contributed by atoms with E-state index in [1.807, 2.05) is 0 Å². The lowest BCUT2D eigenvalue weighted by molar-refractivity contribution is -0.161. The molecule has 0 heterocycles. The predicted molar refractivity (Wildman–Crippen MR) is 367 cm³/mol. The molecule has 0 aliphatic carbocycles. The van der Waals surface area contributed by atoms with Crippen LogP contribution in [-0.2, 0) is 65.4 Å². The molecule has 7 atom stereocenters. The maximum absolute atomic E-state index is 13.0. The van der Waals surface area contributed by atoms with Crippen molar-refractivity contribution in [2.24, 2.45) is 23.7 Å². The van der Waals surface area contributed by atoms with Crippen molar-refractivity contribution >= 4 is 39.5 Å². The normalized spacial score (nSPS) is 14.8. The molecule has 0 amide bonds. The molecule has 3 N–H and O–H groups in total. The number of phosphoric acid groups is 2. The summed E-state index contributed by atoms with van der Waals surface area (Å²) in [5.74, 6) is 0.919. The van der Waals surface area contributed by atoms with Gasteiger partial charge in [0.15, 0.2) is 12.2 Å². The molecule has 0 saturated heterocycles. The predicted octanol–water partition coefficient (Wildman–Crippen LogP) is 20.5. The molecule has 91 heavy (non-hydrogen) atoms. The van der Waals surface area contributed by atoms with Crippen LogP contribution in [0.5, 0.6) is 0 Å². The van der Waals surface area contributed by atoms with Gasteiger partial charge in [0.25, 0.3) is 0 Å². The monoisotopic (exact) mass is 1340 g/mol. The van der Waals surface area contributed by atoms with Gasteiger partial charge in [-0.3, -0.25) is 37.3 Å². The number of unbranched alkanes of at least 4 members (excludes halogenated alkanes) is 33. The first kappa shape index (κ1) is 89.1. The van der Waals surface area contributed by atoms with Crippen LogP contribution in [0.4, 0.5) is 0 Å². The molecular weight excluding hydrogens is 1200 g/mol. The molecule has 0 aliphatic rings. The fourth-order valence-electron chi connectivity index (χ4n) is 10.8. The first-order chi connectivity index (χ1) is 43.7. The summed E-state index contributed by atoms with van der Waals surface area (Å²) >= 11 is 0. The van der Waals surface area contributed by atoms with Crippen LogP contribution in [0, 0.1) is 23.7 Å². The van der Waals surface area contributed by atoms with Crippen LogP contribution in [-0.4, -0.2) is 96.7 Å². The smallest absolute Gasteiger partial charge is 0.462 e. The zero-order chi connectivity index (χ0) is 67.5. The molecule has 0 rings (SSSR count). The number of phosphoric ester groups is 2. The van der Waals surface area contributed by atoms with Gasteiger partial charge in [-0.1, -0.05) is 306 Å². The molecule has 0 bridgehead atoms. The molecule has 0 aromatic heterocycles. The molecule has 0 aromatic rings. The van der Waals surface area contributed by atoms with E-state index >= 15 is 0 Å². The number of hydrogen-bond donors (Lipinski definition) is 3. The molecule has 19 heteroatoms. The summed E-state index contributed by atoms with van der Waals surface area (Å²) in [6.07, 6.45) is 44.4. The molecule has 0 fully saturated rings. The average Bonchev–Trinajstić information content (AvgIpc) is 3.11. The van der Waals surface area contributed by atoms with Crippen molar-refractivity contribution in [3.63, 3.8) is 0 Å². The van der Waals surface area contributed by atoms with Crippen LogP contribution in [0.1, 0.15) is 357 Å². The van der Waals surface area contributed by atoms with Crippen LogP contribution in [0.2, 0.25) is 0 Å². The summed E-state index contributed by atoms with van der Waals surface area (Å²) in [5, 5.41) is 10.6. The van der Waals surface area contributed by atoms with E-state index in [0.29, 0.717) is 31.6 Å². The number of aliphatic hydroxyl groups excluding tert-OH is 1. The van der Waals surface area contributed by atoms with Gasteiger partial charge >= 0.3 is 39.5 Å². The number of hydrogen-bond acceptors (Lipinski definition) is 15. The minimum absolute atomic E-state index is 0.104. The van der Waals surface area contributed by atoms with Crippen molar-refractivity contribution in [2.45, 2.75) is 375 Å². The van der Waals surface area contributed by atoms with E-state index in [1.54, 1.807) is 0 Å². The first-order valence-electron chi connectivity index (χ1n) is 37.3. The molecule has 5 unspecified atom stereocenters. The number of rotatable bonds is 69. The van der Waals surface area contributed by atoms with E-state index in [-0.39, 0.29) is 25.7 Å². The Hall–Kier alpha value is -1.94. The van der Waals surface area contributed by atoms with E-state index in [4.69, 9.17) is 37.0 Å². The zero-order valence-electron chi connectivity index (χ0n) is 59.5. The quantitative estimate of drug-likeness (QED) is 0.0222. The van der Waals surface area contributed by atoms with Crippen LogP contribution in [0.25, 0.3) is 0 Å². The van der Waals surface area contributed by atoms with Gasteiger partial charge in [0, 0.05) is 25.7 Å². The van der Waals surface area contributed by atoms with Gasteiger partial charge in [-0.15, -0.1) is 0 Å². The average molecular weight is 1340 g/mol. The van der Waals surface area contributed by atoms with Gasteiger partial charge in [0.2, 0.25) is 0 Å². The third kappa shape index (κ3) is 63.9. The Labute approximate surface area is 556 Å². The standard InChI is InChI=1S/C72H140O17P2/c1-9-64(7)50-42-34-26-19-21-28-36-44-52-69(74)82-58-67(88-71(76)54-46-38-29-18-16-14-12-11-13-15-17-24-32-40-48-62(3)4)60-86-90(78,79)84-56-66(73)57-85-91(80,81)87-61-68(59-83-70(75)53-45-37-31-23-25-33-41-49-63(5)6)89-72(77)55-47-39-30-22-20-27-35-43-51-65(8)10-2/h62-68,73H,9-61H2,1-8H3,(H,78,79)(H,80,81)/t64?,65?,66?,67-,68-/m1/s1. The van der Waals surface area contributed by atoms with Crippen molar-refractivity contribution in [3.8, 4) is 0 Å². The molecule has 0 aromatic carbocycles. The van der Waals surface area contributed by atoms with Gasteiger partial charge in [-0.05, 0) is 49.4 Å². The van der Waals surface area contributed by atoms with E-state index in [9.17, 15) is 43.2 Å². The minimum Gasteiger partial charge on any atom is -0.462 e. The molecule has 0 aliphatic heterocycles. The number of aliphatic hydroxyl groups is 1. The highest BCUT2D eigenvalue weighted by atomic mass is 31.2. The summed E-state index contributed by atoms with van der Waals surface area (Å²) in [5.41, 5.74) is 0. The van der Waals surface area contributed by atoms with Crippen LogP contribution in [0.15, 0.2) is 0 Å². The maximum Gasteiger partial charge on any atom is 0.472 e. The summed E-state index contributed by atoms with van der Waals surface area (Å²) in [7, 11) is -9.91. The molecule has 0 saturated carbocycles. The number of ether oxygens (including phenoxy) is 4. The van der Waals surface area contributed by atoms with Gasteiger partial charge in [0.05, 0.1) is 26.4 Å². The van der Waals surface area contributed by atoms with E-state index in [1.165, 1.54) is 154 Å². The molecule has 17 nitrogen and oxygen atoms in total. The van der Waals surface area contributed by atoms with Gasteiger partial charge in [-0.2, -0.15) is 0 Å². The van der Waals surface area contributed by atoms with Crippen molar-refractivity contribution in [1.82, 2.24) is 0 Å². The molecular formula is C72H140O17P2. The maximum atomic E-state index is 13.0. The van der Waals surface area contributed by atoms with E-state index in [0.717, 1.165) is 114 Å². The van der Waals surface area contributed by atoms with Crippen molar-refractivity contribution in [1.29, 1.82) is 0 Å². The Morgan fingerprint density at radius 3 is 0.780 bits per heavy atom. The summed E-state index contributed by atoms with van der Waals surface area (Å²) < 4.78 is 68.4. The topological polar surface area (TPSA) is 237 Å². The molecule has 540 valence electrons. The number of carbonyl (C=O) groups is 4. The van der Waals surface area contributed by atoms with Gasteiger partial charge in [-0.25, -0.2) is 9.13 Å². The largest absolute Gasteiger partial charge is 0.472 e. The van der Waals surface area contributed by atoms with E-state index < -0.39 is 97.5 Å². The Morgan fingerprint density at radius 2 is 0.527 bits per heavy atom. The second-order valence-electron chi connectivity index (χ2n) is 27.4. The summed E-state index contributed by atoms with van der Waals surface area (Å²) in [4.78, 5) is 72.6. The second-order valence-corrected chi connectivity index (χ2v) is 30.3. The van der Waals surface area contributed by atoms with Gasteiger partial charge < -0.3 is 33.8 Å². The third-order valence-electron chi connectivity index (χ3n) is 17.3. The highest BCUT2D eigenvalue weighted by Gasteiger charge is 2.30. The summed E-state index contributed by atoms with van der Waals surface area (Å²) in [6.45, 7) is 14.1. The van der Waals surface area contributed by atoms with Gasteiger partial charge in [0.1, 0.15) is 19.3 Å². The van der Waals surface area contributed by atoms with Crippen LogP contribution < -0.4 is 0 Å². The lowest BCUT2D eigenvalue weighted by atomic mass is 9.99. The lowest BCUT2D eigenvalue weighted by Gasteiger charge is -2.21. The highest BCUT2D eigenvalue weighted by Crippen LogP contribution is 2.45. The fraction of sp³-hybridized carbons (Fsp3) is 0.944. The Balaban J connectivity index is 5.26. The van der Waals surface area contributed by atoms with Crippen LogP contribution in [0.3, 0.4) is 0 Å². The summed E-state index contributed by atoms with van der Waals surface area (Å²) in [6, 6.07) is 0. The number of carbonyl (C=O) groups excluding carboxylic acids is 4. The Morgan fingerprint density at radius 1 is 0.308 bits per heavy atom. The van der Waals surface area contributed by atoms with Crippen molar-refractivity contribution in [2.75, 3.05) is 39.6 Å². The van der Waals surface area contributed by atoms with Crippen LogP contribution >= 0.6 is 15.6 Å². The molecule has 0 spiro atoms. The lowest BCUT2D eigenvalue weighted by Crippen LogP contribution is -2.30. The van der Waals surface area contributed by atoms with Crippen molar-refractivity contribution < 1.29 is 80.2 Å². The fourth-order valence-corrected chi connectivity index (χ4v) is 12.4. The van der Waals surface area contributed by atoms with E-state index in [2.05, 4.69) is 55.4 Å². The first-order valence-corrected chi connectivity index (χ1v) is 40.3. The Bertz CT molecular complexity index is 1800. The SMILES string of the molecule is CCC(C)CCCCCCCCCCC(=O)OC[C@H](COP(=O)(O)OCC(O)COP(=O)(O)OC[C@@H](COC(=O)CCCCCCCCCC(C)C)OC(=O)CCCCCCCCCCC(C)CC)OC(=O)CCCCCCCCCCCCCCCCC(C)C. The molecule has 0 radical (unpaired) electrons.